The van der Waals surface area contributed by atoms with Crippen molar-refractivity contribution in [3.05, 3.63) is 23.2 Å². The molecule has 1 aromatic carbocycles. The van der Waals surface area contributed by atoms with Gasteiger partial charge in [-0.25, -0.2) is 8.42 Å². The van der Waals surface area contributed by atoms with Crippen LogP contribution in [0.3, 0.4) is 0 Å². The summed E-state index contributed by atoms with van der Waals surface area (Å²) in [5.74, 6) is 0.557. The first-order chi connectivity index (χ1) is 9.80. The van der Waals surface area contributed by atoms with E-state index in [1.54, 1.807) is 4.31 Å². The third-order valence-corrected chi connectivity index (χ3v) is 6.04. The van der Waals surface area contributed by atoms with Crippen LogP contribution in [0.2, 0.25) is 5.02 Å². The van der Waals surface area contributed by atoms with Crippen molar-refractivity contribution in [3.8, 4) is 0 Å². The number of hydrogen-bond acceptors (Lipinski definition) is 4. The summed E-state index contributed by atoms with van der Waals surface area (Å²) in [4.78, 5) is 2.37. The maximum Gasteiger partial charge on any atom is 0.243 e. The van der Waals surface area contributed by atoms with E-state index in [2.05, 4.69) is 4.90 Å². The van der Waals surface area contributed by atoms with Gasteiger partial charge in [-0.3, -0.25) is 0 Å². The van der Waals surface area contributed by atoms with Crippen molar-refractivity contribution in [2.45, 2.75) is 17.7 Å². The van der Waals surface area contributed by atoms with E-state index < -0.39 is 10.0 Å². The van der Waals surface area contributed by atoms with E-state index in [1.807, 2.05) is 14.1 Å². The number of hydrogen-bond donors (Lipinski definition) is 1. The number of halogens is 1. The van der Waals surface area contributed by atoms with Crippen LogP contribution in [0.4, 0.5) is 5.69 Å². The van der Waals surface area contributed by atoms with Gasteiger partial charge < -0.3 is 10.6 Å². The SMILES string of the molecule is CN(C)CC1CCN(S(=O)(=O)c2ccc(Cl)c(N)c2)CC1. The molecule has 5 nitrogen and oxygen atoms in total. The molecule has 0 spiro atoms. The Morgan fingerprint density at radius 3 is 2.48 bits per heavy atom. The molecule has 1 aromatic rings. The van der Waals surface area contributed by atoms with E-state index in [9.17, 15) is 8.42 Å². The van der Waals surface area contributed by atoms with Crippen LogP contribution in [0.1, 0.15) is 12.8 Å². The van der Waals surface area contributed by atoms with E-state index in [1.165, 1.54) is 18.2 Å². The lowest BCUT2D eigenvalue weighted by molar-refractivity contribution is 0.225. The monoisotopic (exact) mass is 331 g/mol. The van der Waals surface area contributed by atoms with Gasteiger partial charge in [0.1, 0.15) is 0 Å². The molecule has 0 unspecified atom stereocenters. The van der Waals surface area contributed by atoms with Crippen molar-refractivity contribution in [2.75, 3.05) is 39.5 Å². The zero-order valence-corrected chi connectivity index (χ0v) is 14.0. The number of nitrogens with two attached hydrogens (primary N) is 1. The number of nitrogens with zero attached hydrogens (tertiary/aromatic N) is 2. The first kappa shape index (κ1) is 16.5. The highest BCUT2D eigenvalue weighted by Crippen LogP contribution is 2.27. The van der Waals surface area contributed by atoms with E-state index in [-0.39, 0.29) is 4.90 Å². The normalized spacial score (nSPS) is 18.3. The lowest BCUT2D eigenvalue weighted by atomic mass is 9.98. The lowest BCUT2D eigenvalue weighted by Crippen LogP contribution is -2.40. The van der Waals surface area contributed by atoms with Gasteiger partial charge in [0.25, 0.3) is 0 Å². The molecule has 0 bridgehead atoms. The van der Waals surface area contributed by atoms with Gasteiger partial charge in [-0.1, -0.05) is 11.6 Å². The van der Waals surface area contributed by atoms with Gasteiger partial charge in [0, 0.05) is 19.6 Å². The van der Waals surface area contributed by atoms with Crippen LogP contribution in [0, 0.1) is 5.92 Å². The molecule has 21 heavy (non-hydrogen) atoms. The van der Waals surface area contributed by atoms with Crippen LogP contribution in [-0.2, 0) is 10.0 Å². The highest BCUT2D eigenvalue weighted by Gasteiger charge is 2.29. The molecule has 1 heterocycles. The molecule has 0 saturated carbocycles. The summed E-state index contributed by atoms with van der Waals surface area (Å²) in [5, 5.41) is 0.374. The molecule has 0 atom stereocenters. The van der Waals surface area contributed by atoms with Gasteiger partial charge in [-0.05, 0) is 51.1 Å². The average Bonchev–Trinajstić information content (AvgIpc) is 2.41. The summed E-state index contributed by atoms with van der Waals surface area (Å²) < 4.78 is 26.7. The number of piperidine rings is 1. The van der Waals surface area contributed by atoms with Crippen LogP contribution in [0.5, 0.6) is 0 Å². The topological polar surface area (TPSA) is 66.6 Å². The van der Waals surface area contributed by atoms with Gasteiger partial charge in [0.05, 0.1) is 15.6 Å². The summed E-state index contributed by atoms with van der Waals surface area (Å²) >= 11 is 5.85. The Labute approximate surface area is 131 Å². The molecular formula is C14H22ClN3O2S. The Hall–Kier alpha value is -0.820. The summed E-state index contributed by atoms with van der Waals surface area (Å²) in [5.41, 5.74) is 6.00. The maximum atomic E-state index is 12.6. The molecule has 0 aromatic heterocycles. The number of rotatable bonds is 4. The fraction of sp³-hybridized carbons (Fsp3) is 0.571. The van der Waals surface area contributed by atoms with Crippen LogP contribution >= 0.6 is 11.6 Å². The molecule has 2 rings (SSSR count). The fourth-order valence-electron chi connectivity index (χ4n) is 2.68. The molecule has 1 saturated heterocycles. The predicted octanol–water partition coefficient (Wildman–Crippen LogP) is 1.88. The molecule has 0 radical (unpaired) electrons. The van der Waals surface area contributed by atoms with E-state index >= 15 is 0 Å². The van der Waals surface area contributed by atoms with Crippen LogP contribution in [-0.4, -0.2) is 51.4 Å². The smallest absolute Gasteiger partial charge is 0.243 e. The van der Waals surface area contributed by atoms with Gasteiger partial charge in [0.2, 0.25) is 10.0 Å². The molecule has 7 heteroatoms. The molecule has 1 aliphatic heterocycles. The Bertz CT molecular complexity index is 596. The van der Waals surface area contributed by atoms with Gasteiger partial charge in [-0.2, -0.15) is 4.31 Å². The second-order valence-electron chi connectivity index (χ2n) is 5.79. The minimum Gasteiger partial charge on any atom is -0.397 e. The van der Waals surface area contributed by atoms with Crippen LogP contribution in [0.25, 0.3) is 0 Å². The Morgan fingerprint density at radius 2 is 1.95 bits per heavy atom. The molecular weight excluding hydrogens is 310 g/mol. The summed E-state index contributed by atoms with van der Waals surface area (Å²) in [6, 6.07) is 4.48. The second kappa shape index (κ2) is 6.52. The number of nitrogen functional groups attached to an aromatic ring is 1. The highest BCUT2D eigenvalue weighted by atomic mass is 35.5. The Balaban J connectivity index is 2.09. The minimum atomic E-state index is -3.47. The number of anilines is 1. The van der Waals surface area contributed by atoms with E-state index in [0.717, 1.165) is 19.4 Å². The lowest BCUT2D eigenvalue weighted by Gasteiger charge is -2.32. The molecule has 1 aliphatic rings. The first-order valence-electron chi connectivity index (χ1n) is 7.00. The highest BCUT2D eigenvalue weighted by molar-refractivity contribution is 7.89. The van der Waals surface area contributed by atoms with Crippen molar-refractivity contribution in [3.63, 3.8) is 0 Å². The van der Waals surface area contributed by atoms with Crippen molar-refractivity contribution in [2.24, 2.45) is 5.92 Å². The summed E-state index contributed by atoms with van der Waals surface area (Å²) in [6.07, 6.45) is 1.78. The molecule has 0 aliphatic carbocycles. The molecule has 1 fully saturated rings. The number of sulfonamides is 1. The quantitative estimate of drug-likeness (QED) is 0.855. The second-order valence-corrected chi connectivity index (χ2v) is 8.14. The zero-order chi connectivity index (χ0) is 15.6. The Kier molecular flexibility index (Phi) is 5.14. The summed E-state index contributed by atoms with van der Waals surface area (Å²) in [7, 11) is 0.610. The summed E-state index contributed by atoms with van der Waals surface area (Å²) in [6.45, 7) is 2.12. The fourth-order valence-corrected chi connectivity index (χ4v) is 4.30. The zero-order valence-electron chi connectivity index (χ0n) is 12.4. The number of benzene rings is 1. The largest absolute Gasteiger partial charge is 0.397 e. The molecule has 2 N–H and O–H groups in total. The third kappa shape index (κ3) is 3.88. The van der Waals surface area contributed by atoms with Crippen molar-refractivity contribution < 1.29 is 8.42 Å². The Morgan fingerprint density at radius 1 is 1.33 bits per heavy atom. The van der Waals surface area contributed by atoms with Crippen molar-refractivity contribution in [1.82, 2.24) is 9.21 Å². The average molecular weight is 332 g/mol. The predicted molar refractivity (Wildman–Crippen MR) is 85.9 cm³/mol. The van der Waals surface area contributed by atoms with Crippen molar-refractivity contribution >= 4 is 27.3 Å². The minimum absolute atomic E-state index is 0.218. The van der Waals surface area contributed by atoms with Crippen molar-refractivity contribution in [1.29, 1.82) is 0 Å². The van der Waals surface area contributed by atoms with Crippen LogP contribution < -0.4 is 5.73 Å². The van der Waals surface area contributed by atoms with Crippen LogP contribution in [0.15, 0.2) is 23.1 Å². The van der Waals surface area contributed by atoms with Gasteiger partial charge in [-0.15, -0.1) is 0 Å². The van der Waals surface area contributed by atoms with Gasteiger partial charge >= 0.3 is 0 Å². The standard InChI is InChI=1S/C14H22ClN3O2S/c1-17(2)10-11-5-7-18(8-6-11)21(19,20)12-3-4-13(15)14(16)9-12/h3-4,9,11H,5-8,10,16H2,1-2H3. The van der Waals surface area contributed by atoms with Gasteiger partial charge in [0.15, 0.2) is 0 Å². The van der Waals surface area contributed by atoms with E-state index in [4.69, 9.17) is 17.3 Å². The maximum absolute atomic E-state index is 12.6. The first-order valence-corrected chi connectivity index (χ1v) is 8.82. The third-order valence-electron chi connectivity index (χ3n) is 3.80. The van der Waals surface area contributed by atoms with E-state index in [0.29, 0.717) is 29.7 Å². The molecule has 0 amide bonds. The molecule has 118 valence electrons.